The Morgan fingerprint density at radius 2 is 1.50 bits per heavy atom. The van der Waals surface area contributed by atoms with Crippen molar-refractivity contribution in [3.05, 3.63) is 29.3 Å². The lowest BCUT2D eigenvalue weighted by Gasteiger charge is -2.27. The van der Waals surface area contributed by atoms with Crippen molar-refractivity contribution in [1.29, 1.82) is 0 Å². The van der Waals surface area contributed by atoms with Gasteiger partial charge in [-0.2, -0.15) is 0 Å². The van der Waals surface area contributed by atoms with Crippen molar-refractivity contribution in [2.75, 3.05) is 0 Å². The summed E-state index contributed by atoms with van der Waals surface area (Å²) in [6.45, 7) is 16.6. The summed E-state index contributed by atoms with van der Waals surface area (Å²) in [5.74, 6) is -0.138. The number of rotatable bonds is 7. The third-order valence-corrected chi connectivity index (χ3v) is 6.28. The molecule has 0 aliphatic heterocycles. The van der Waals surface area contributed by atoms with Crippen LogP contribution >= 0.6 is 7.60 Å². The van der Waals surface area contributed by atoms with Crippen LogP contribution in [-0.4, -0.2) is 23.8 Å². The number of hydrogen-bond acceptors (Lipinski definition) is 5. The van der Waals surface area contributed by atoms with Gasteiger partial charge in [-0.25, -0.2) is 0 Å². The van der Waals surface area contributed by atoms with Gasteiger partial charge in [-0.1, -0.05) is 32.9 Å². The predicted molar refractivity (Wildman–Crippen MR) is 105 cm³/mol. The van der Waals surface area contributed by atoms with Crippen molar-refractivity contribution < 1.29 is 23.1 Å². The van der Waals surface area contributed by atoms with Crippen LogP contribution in [0.1, 0.15) is 66.5 Å². The summed E-state index contributed by atoms with van der Waals surface area (Å²) in [4.78, 5) is 12.8. The number of esters is 1. The molecule has 0 aliphatic rings. The molecule has 1 aromatic carbocycles. The second-order valence-corrected chi connectivity index (χ2v) is 10.5. The predicted octanol–water partition coefficient (Wildman–Crippen LogP) is 5.63. The summed E-state index contributed by atoms with van der Waals surface area (Å²) in [5, 5.41) is 0. The molecule has 0 aliphatic carbocycles. The molecule has 0 N–H and O–H groups in total. The van der Waals surface area contributed by atoms with E-state index in [-0.39, 0.29) is 17.6 Å². The highest BCUT2D eigenvalue weighted by Gasteiger charge is 2.41. The van der Waals surface area contributed by atoms with E-state index in [1.165, 1.54) is 6.92 Å². The molecule has 0 saturated carbocycles. The van der Waals surface area contributed by atoms with Crippen molar-refractivity contribution in [3.8, 4) is 5.75 Å². The molecule has 0 saturated heterocycles. The lowest BCUT2D eigenvalue weighted by molar-refractivity contribution is -0.134. The van der Waals surface area contributed by atoms with Crippen LogP contribution in [0.15, 0.2) is 18.2 Å². The minimum atomic E-state index is -3.66. The summed E-state index contributed by atoms with van der Waals surface area (Å²) >= 11 is 0. The SMILES string of the molecule is Cc1ccc(C(C)(C)C)c(OC(=O)C(C)P(=O)(OC(C)C)OC(C)C)c1. The third-order valence-electron chi connectivity index (χ3n) is 3.69. The zero-order valence-electron chi connectivity index (χ0n) is 17.5. The second-order valence-electron chi connectivity index (χ2n) is 8.19. The molecule has 0 radical (unpaired) electrons. The van der Waals surface area contributed by atoms with E-state index in [4.69, 9.17) is 13.8 Å². The van der Waals surface area contributed by atoms with Crippen molar-refractivity contribution in [2.45, 2.75) is 85.6 Å². The molecule has 0 spiro atoms. The van der Waals surface area contributed by atoms with Gasteiger partial charge in [0.15, 0.2) is 5.66 Å². The molecule has 5 nitrogen and oxygen atoms in total. The maximum Gasteiger partial charge on any atom is 0.345 e. The molecular formula is C20H33O5P. The van der Waals surface area contributed by atoms with E-state index in [0.717, 1.165) is 11.1 Å². The number of aryl methyl sites for hydroxylation is 1. The van der Waals surface area contributed by atoms with Crippen LogP contribution in [0.5, 0.6) is 5.75 Å². The quantitative estimate of drug-likeness (QED) is 0.346. The van der Waals surface area contributed by atoms with Gasteiger partial charge in [-0.15, -0.1) is 0 Å². The number of carbonyl (C=O) groups is 1. The van der Waals surface area contributed by atoms with E-state index in [1.54, 1.807) is 27.7 Å². The highest BCUT2D eigenvalue weighted by atomic mass is 31.2. The van der Waals surface area contributed by atoms with Crippen molar-refractivity contribution in [1.82, 2.24) is 0 Å². The summed E-state index contributed by atoms with van der Waals surface area (Å²) in [7, 11) is -3.66. The monoisotopic (exact) mass is 384 g/mol. The molecule has 0 amide bonds. The first-order valence-electron chi connectivity index (χ1n) is 9.05. The van der Waals surface area contributed by atoms with Crippen molar-refractivity contribution in [3.63, 3.8) is 0 Å². The second kappa shape index (κ2) is 8.69. The summed E-state index contributed by atoms with van der Waals surface area (Å²) in [6, 6.07) is 5.76. The van der Waals surface area contributed by atoms with Gasteiger partial charge in [0.25, 0.3) is 0 Å². The van der Waals surface area contributed by atoms with Gasteiger partial charge in [0.2, 0.25) is 0 Å². The Kier molecular flexibility index (Phi) is 7.64. The molecule has 1 rings (SSSR count). The van der Waals surface area contributed by atoms with E-state index < -0.39 is 19.2 Å². The molecule has 1 aromatic rings. The van der Waals surface area contributed by atoms with Gasteiger partial charge in [0, 0.05) is 5.56 Å². The van der Waals surface area contributed by atoms with Crippen LogP contribution in [0.3, 0.4) is 0 Å². The van der Waals surface area contributed by atoms with Crippen LogP contribution in [0, 0.1) is 6.92 Å². The Morgan fingerprint density at radius 1 is 1.00 bits per heavy atom. The summed E-state index contributed by atoms with van der Waals surface area (Å²) < 4.78 is 29.9. The Morgan fingerprint density at radius 3 is 1.92 bits per heavy atom. The fourth-order valence-electron chi connectivity index (χ4n) is 2.45. The molecule has 1 atom stereocenters. The largest absolute Gasteiger partial charge is 0.426 e. The smallest absolute Gasteiger partial charge is 0.345 e. The van der Waals surface area contributed by atoms with Gasteiger partial charge >= 0.3 is 13.6 Å². The van der Waals surface area contributed by atoms with Gasteiger partial charge in [0.05, 0.1) is 12.2 Å². The van der Waals surface area contributed by atoms with Crippen molar-refractivity contribution in [2.24, 2.45) is 0 Å². The Bertz CT molecular complexity index is 659. The first-order valence-corrected chi connectivity index (χ1v) is 10.7. The lowest BCUT2D eigenvalue weighted by Crippen LogP contribution is -2.28. The molecule has 148 valence electrons. The van der Waals surface area contributed by atoms with Gasteiger partial charge < -0.3 is 13.8 Å². The zero-order valence-corrected chi connectivity index (χ0v) is 18.3. The molecule has 0 aromatic heterocycles. The molecule has 26 heavy (non-hydrogen) atoms. The van der Waals surface area contributed by atoms with Crippen LogP contribution in [-0.2, 0) is 23.8 Å². The zero-order chi connectivity index (χ0) is 20.3. The highest BCUT2D eigenvalue weighted by Crippen LogP contribution is 2.55. The molecule has 0 heterocycles. The van der Waals surface area contributed by atoms with E-state index in [9.17, 15) is 9.36 Å². The molecule has 0 bridgehead atoms. The van der Waals surface area contributed by atoms with Crippen molar-refractivity contribution >= 4 is 13.6 Å². The molecule has 6 heteroatoms. The van der Waals surface area contributed by atoms with E-state index in [0.29, 0.717) is 5.75 Å². The maximum atomic E-state index is 13.2. The fraction of sp³-hybridized carbons (Fsp3) is 0.650. The molecule has 1 unspecified atom stereocenters. The van der Waals surface area contributed by atoms with Gasteiger partial charge in [0.1, 0.15) is 5.75 Å². The maximum absolute atomic E-state index is 13.2. The van der Waals surface area contributed by atoms with Crippen LogP contribution in [0.2, 0.25) is 0 Å². The van der Waals surface area contributed by atoms with E-state index >= 15 is 0 Å². The average Bonchev–Trinajstić information content (AvgIpc) is 2.43. The first kappa shape index (κ1) is 22.9. The van der Waals surface area contributed by atoms with Crippen LogP contribution in [0.4, 0.5) is 0 Å². The number of ether oxygens (including phenoxy) is 1. The Labute approximate surface area is 158 Å². The number of hydrogen-bond donors (Lipinski definition) is 0. The first-order chi connectivity index (χ1) is 11.8. The average molecular weight is 384 g/mol. The Hall–Kier alpha value is -1.16. The summed E-state index contributed by atoms with van der Waals surface area (Å²) in [5.41, 5.74) is 0.668. The minimum absolute atomic E-state index is 0.195. The van der Waals surface area contributed by atoms with E-state index in [2.05, 4.69) is 0 Å². The molecule has 0 fully saturated rings. The minimum Gasteiger partial charge on any atom is -0.426 e. The van der Waals surface area contributed by atoms with Gasteiger partial charge in [-0.3, -0.25) is 9.36 Å². The topological polar surface area (TPSA) is 61.8 Å². The number of benzene rings is 1. The standard InChI is InChI=1S/C20H33O5P/c1-13(2)24-26(22,25-14(3)4)16(6)19(21)23-18-12-15(5)10-11-17(18)20(7,8)9/h10-14,16H,1-9H3. The third kappa shape index (κ3) is 6.22. The van der Waals surface area contributed by atoms with Crippen LogP contribution < -0.4 is 4.74 Å². The Balaban J connectivity index is 3.16. The normalized spacial score (nSPS) is 14.0. The van der Waals surface area contributed by atoms with Gasteiger partial charge in [-0.05, 0) is 58.6 Å². The highest BCUT2D eigenvalue weighted by molar-refractivity contribution is 7.55. The summed E-state index contributed by atoms with van der Waals surface area (Å²) in [6.07, 6.45) is -0.669. The number of carbonyl (C=O) groups excluding carboxylic acids is 1. The fourth-order valence-corrected chi connectivity index (χ4v) is 4.35. The lowest BCUT2D eigenvalue weighted by atomic mass is 9.86. The van der Waals surface area contributed by atoms with Crippen LogP contribution in [0.25, 0.3) is 0 Å². The molecular weight excluding hydrogens is 351 g/mol. The van der Waals surface area contributed by atoms with E-state index in [1.807, 2.05) is 45.9 Å².